The van der Waals surface area contributed by atoms with E-state index >= 15 is 0 Å². The van der Waals surface area contributed by atoms with Crippen LogP contribution in [0.15, 0.2) is 28.0 Å². The minimum atomic E-state index is -3.84. The summed E-state index contributed by atoms with van der Waals surface area (Å²) in [5.74, 6) is -1.05. The number of piperazine rings is 1. The standard InChI is InChI=1S/C12H17FN2O4S2.ClH/c1-9-8-14-5-6-15(9)21(18,19)10-3-4-12(11(13)7-10)20(2,16)17;/h3-4,7,9,14H,5-6,8H2,1-2H3;1H. The molecule has 1 fully saturated rings. The number of hydrogen-bond donors (Lipinski definition) is 1. The van der Waals surface area contributed by atoms with Crippen molar-refractivity contribution in [3.05, 3.63) is 24.0 Å². The van der Waals surface area contributed by atoms with Crippen molar-refractivity contribution in [3.63, 3.8) is 0 Å². The first-order chi connectivity index (χ1) is 9.64. The van der Waals surface area contributed by atoms with E-state index in [2.05, 4.69) is 5.32 Å². The van der Waals surface area contributed by atoms with Gasteiger partial charge < -0.3 is 5.32 Å². The zero-order valence-electron chi connectivity index (χ0n) is 12.1. The fourth-order valence-electron chi connectivity index (χ4n) is 2.26. The van der Waals surface area contributed by atoms with E-state index in [1.165, 1.54) is 4.31 Å². The van der Waals surface area contributed by atoms with Crippen LogP contribution in [0.3, 0.4) is 0 Å². The van der Waals surface area contributed by atoms with Gasteiger partial charge in [0.05, 0.1) is 4.90 Å². The van der Waals surface area contributed by atoms with Gasteiger partial charge >= 0.3 is 0 Å². The molecule has 2 rings (SSSR count). The quantitative estimate of drug-likeness (QED) is 0.841. The summed E-state index contributed by atoms with van der Waals surface area (Å²) >= 11 is 0. The first kappa shape index (κ1) is 19.3. The van der Waals surface area contributed by atoms with E-state index in [0.717, 1.165) is 24.5 Å². The van der Waals surface area contributed by atoms with Crippen LogP contribution in [0.4, 0.5) is 4.39 Å². The molecule has 1 aliphatic heterocycles. The SMILES string of the molecule is CC1CNCCN1S(=O)(=O)c1ccc(S(C)(=O)=O)c(F)c1.Cl. The number of sulfonamides is 1. The van der Waals surface area contributed by atoms with Gasteiger partial charge in [-0.2, -0.15) is 4.31 Å². The highest BCUT2D eigenvalue weighted by molar-refractivity contribution is 7.90. The molecule has 1 aromatic carbocycles. The Morgan fingerprint density at radius 1 is 1.27 bits per heavy atom. The van der Waals surface area contributed by atoms with Crippen LogP contribution in [-0.4, -0.2) is 53.1 Å². The third-order valence-corrected chi connectivity index (χ3v) is 6.49. The first-order valence-corrected chi connectivity index (χ1v) is 9.69. The second-order valence-electron chi connectivity index (χ2n) is 5.03. The number of hydrogen-bond acceptors (Lipinski definition) is 5. The molecular formula is C12H18ClFN2O4S2. The molecule has 1 aromatic rings. The summed E-state index contributed by atoms with van der Waals surface area (Å²) in [4.78, 5) is -0.740. The predicted molar refractivity (Wildman–Crippen MR) is 83.0 cm³/mol. The van der Waals surface area contributed by atoms with Crippen molar-refractivity contribution in [2.75, 3.05) is 25.9 Å². The molecule has 0 radical (unpaired) electrons. The molecule has 1 saturated heterocycles. The number of sulfone groups is 1. The summed E-state index contributed by atoms with van der Waals surface area (Å²) in [5, 5.41) is 3.07. The monoisotopic (exact) mass is 372 g/mol. The normalized spacial score (nSPS) is 20.4. The molecule has 126 valence electrons. The van der Waals surface area contributed by atoms with Crippen molar-refractivity contribution in [3.8, 4) is 0 Å². The lowest BCUT2D eigenvalue weighted by atomic mass is 10.3. The van der Waals surface area contributed by atoms with Crippen LogP contribution in [0.2, 0.25) is 0 Å². The third-order valence-electron chi connectivity index (χ3n) is 3.35. The van der Waals surface area contributed by atoms with E-state index in [9.17, 15) is 21.2 Å². The average molecular weight is 373 g/mol. The van der Waals surface area contributed by atoms with Crippen molar-refractivity contribution < 1.29 is 21.2 Å². The highest BCUT2D eigenvalue weighted by Crippen LogP contribution is 2.23. The Morgan fingerprint density at radius 3 is 2.41 bits per heavy atom. The molecule has 10 heteroatoms. The second kappa shape index (κ2) is 6.79. The van der Waals surface area contributed by atoms with Gasteiger partial charge in [-0.15, -0.1) is 12.4 Å². The number of rotatable bonds is 3. The van der Waals surface area contributed by atoms with E-state index in [1.807, 2.05) is 0 Å². The van der Waals surface area contributed by atoms with Crippen LogP contribution in [0, 0.1) is 5.82 Å². The molecule has 0 spiro atoms. The molecule has 0 saturated carbocycles. The lowest BCUT2D eigenvalue weighted by Crippen LogP contribution is -2.52. The molecule has 1 heterocycles. The minimum absolute atomic E-state index is 0. The number of halogens is 2. The molecule has 1 unspecified atom stereocenters. The lowest BCUT2D eigenvalue weighted by molar-refractivity contribution is 0.283. The topological polar surface area (TPSA) is 83.6 Å². The van der Waals surface area contributed by atoms with Gasteiger partial charge in [0.1, 0.15) is 10.7 Å². The Hall–Kier alpha value is -0.740. The molecule has 1 N–H and O–H groups in total. The Balaban J connectivity index is 0.00000242. The van der Waals surface area contributed by atoms with Gasteiger partial charge in [-0.3, -0.25) is 0 Å². The molecular weight excluding hydrogens is 355 g/mol. The zero-order valence-corrected chi connectivity index (χ0v) is 14.6. The van der Waals surface area contributed by atoms with Gasteiger partial charge in [-0.1, -0.05) is 0 Å². The predicted octanol–water partition coefficient (Wildman–Crippen LogP) is 0.633. The summed E-state index contributed by atoms with van der Waals surface area (Å²) in [6, 6.07) is 2.63. The molecule has 0 bridgehead atoms. The van der Waals surface area contributed by atoms with Crippen molar-refractivity contribution in [1.82, 2.24) is 9.62 Å². The Labute approximate surface area is 136 Å². The highest BCUT2D eigenvalue weighted by atomic mass is 35.5. The summed E-state index contributed by atoms with van der Waals surface area (Å²) in [6.07, 6.45) is 0.873. The van der Waals surface area contributed by atoms with Crippen LogP contribution in [-0.2, 0) is 19.9 Å². The molecule has 22 heavy (non-hydrogen) atoms. The minimum Gasteiger partial charge on any atom is -0.314 e. The first-order valence-electron chi connectivity index (χ1n) is 6.36. The molecule has 1 aliphatic rings. The summed E-state index contributed by atoms with van der Waals surface area (Å²) < 4.78 is 62.9. The van der Waals surface area contributed by atoms with Crippen molar-refractivity contribution in [2.24, 2.45) is 0 Å². The maximum absolute atomic E-state index is 13.9. The molecule has 0 aliphatic carbocycles. The van der Waals surface area contributed by atoms with E-state index in [4.69, 9.17) is 0 Å². The van der Waals surface area contributed by atoms with E-state index in [1.54, 1.807) is 6.92 Å². The van der Waals surface area contributed by atoms with Gasteiger partial charge in [0, 0.05) is 31.9 Å². The van der Waals surface area contributed by atoms with Gasteiger partial charge in [-0.05, 0) is 25.1 Å². The van der Waals surface area contributed by atoms with Crippen LogP contribution in [0.25, 0.3) is 0 Å². The Morgan fingerprint density at radius 2 is 1.91 bits per heavy atom. The molecule has 0 aromatic heterocycles. The van der Waals surface area contributed by atoms with E-state index in [0.29, 0.717) is 19.6 Å². The fourth-order valence-corrected chi connectivity index (χ4v) is 4.63. The summed E-state index contributed by atoms with van der Waals surface area (Å²) in [6.45, 7) is 3.08. The van der Waals surface area contributed by atoms with Gasteiger partial charge in [-0.25, -0.2) is 21.2 Å². The van der Waals surface area contributed by atoms with Crippen molar-refractivity contribution in [1.29, 1.82) is 0 Å². The van der Waals surface area contributed by atoms with Gasteiger partial charge in [0.2, 0.25) is 10.0 Å². The Kier molecular flexibility index (Phi) is 5.96. The lowest BCUT2D eigenvalue weighted by Gasteiger charge is -2.32. The van der Waals surface area contributed by atoms with Crippen molar-refractivity contribution >= 4 is 32.3 Å². The molecule has 0 amide bonds. The zero-order chi connectivity index (χ0) is 15.8. The second-order valence-corrected chi connectivity index (χ2v) is 8.91. The summed E-state index contributed by atoms with van der Waals surface area (Å²) in [7, 11) is -7.56. The summed E-state index contributed by atoms with van der Waals surface area (Å²) in [5.41, 5.74) is 0. The van der Waals surface area contributed by atoms with Crippen LogP contribution in [0.1, 0.15) is 6.92 Å². The van der Waals surface area contributed by atoms with Crippen LogP contribution < -0.4 is 5.32 Å². The third kappa shape index (κ3) is 3.77. The highest BCUT2D eigenvalue weighted by Gasteiger charge is 2.31. The number of nitrogens with zero attached hydrogens (tertiary/aromatic N) is 1. The van der Waals surface area contributed by atoms with Crippen LogP contribution >= 0.6 is 12.4 Å². The van der Waals surface area contributed by atoms with E-state index < -0.39 is 30.6 Å². The van der Waals surface area contributed by atoms with Gasteiger partial charge in [0.25, 0.3) is 0 Å². The average Bonchev–Trinajstić information content (AvgIpc) is 2.37. The smallest absolute Gasteiger partial charge is 0.243 e. The largest absolute Gasteiger partial charge is 0.314 e. The van der Waals surface area contributed by atoms with Crippen LogP contribution in [0.5, 0.6) is 0 Å². The maximum Gasteiger partial charge on any atom is 0.243 e. The molecule has 1 atom stereocenters. The fraction of sp³-hybridized carbons (Fsp3) is 0.500. The maximum atomic E-state index is 13.9. The molecule has 6 nitrogen and oxygen atoms in total. The number of benzene rings is 1. The number of nitrogens with one attached hydrogen (secondary N) is 1. The van der Waals surface area contributed by atoms with Crippen molar-refractivity contribution in [2.45, 2.75) is 22.8 Å². The van der Waals surface area contributed by atoms with Gasteiger partial charge in [0.15, 0.2) is 9.84 Å². The Bertz CT molecular complexity index is 752. The van der Waals surface area contributed by atoms with E-state index in [-0.39, 0.29) is 23.3 Å².